The van der Waals surface area contributed by atoms with Crippen molar-refractivity contribution in [1.29, 1.82) is 0 Å². The number of aromatic nitrogens is 1. The van der Waals surface area contributed by atoms with Crippen LogP contribution in [0.2, 0.25) is 0 Å². The Kier molecular flexibility index (Phi) is 3.61. The Hall–Kier alpha value is -0.870. The van der Waals surface area contributed by atoms with Gasteiger partial charge in [0.15, 0.2) is 0 Å². The summed E-state index contributed by atoms with van der Waals surface area (Å²) in [6.45, 7) is 7.82. The molecule has 90 valence electrons. The zero-order chi connectivity index (χ0) is 11.5. The molecular formula is C12H20N2O2. The van der Waals surface area contributed by atoms with E-state index in [4.69, 9.17) is 9.15 Å². The molecule has 1 aliphatic rings. The van der Waals surface area contributed by atoms with Gasteiger partial charge in [0.1, 0.15) is 5.76 Å². The van der Waals surface area contributed by atoms with Gasteiger partial charge in [-0.1, -0.05) is 13.8 Å². The van der Waals surface area contributed by atoms with Crippen molar-refractivity contribution in [3.8, 4) is 0 Å². The molecule has 4 nitrogen and oxygen atoms in total. The summed E-state index contributed by atoms with van der Waals surface area (Å²) < 4.78 is 11.3. The van der Waals surface area contributed by atoms with Crippen LogP contribution in [0.4, 0.5) is 0 Å². The van der Waals surface area contributed by atoms with E-state index in [1.165, 1.54) is 0 Å². The van der Waals surface area contributed by atoms with E-state index in [0.29, 0.717) is 18.5 Å². The zero-order valence-corrected chi connectivity index (χ0v) is 10.2. The molecule has 2 heterocycles. The number of oxazole rings is 1. The van der Waals surface area contributed by atoms with Crippen LogP contribution in [0.1, 0.15) is 44.8 Å². The van der Waals surface area contributed by atoms with E-state index in [0.717, 1.165) is 24.7 Å². The van der Waals surface area contributed by atoms with Crippen LogP contribution in [-0.2, 0) is 11.3 Å². The number of ether oxygens (including phenoxy) is 1. The first-order valence-corrected chi connectivity index (χ1v) is 5.96. The topological polar surface area (TPSA) is 47.3 Å². The highest BCUT2D eigenvalue weighted by molar-refractivity contribution is 5.06. The lowest BCUT2D eigenvalue weighted by Gasteiger charge is -2.10. The standard InChI is InChI=1S/C12H20N2O2/c1-8(2)13-7-12-14-6-11(16-12)10-4-5-15-9(10)3/h6,8-10,13H,4-5,7H2,1-3H3. The second-order valence-corrected chi connectivity index (χ2v) is 4.66. The summed E-state index contributed by atoms with van der Waals surface area (Å²) in [6, 6.07) is 0.448. The zero-order valence-electron chi connectivity index (χ0n) is 10.2. The summed E-state index contributed by atoms with van der Waals surface area (Å²) >= 11 is 0. The second kappa shape index (κ2) is 4.97. The molecular weight excluding hydrogens is 204 g/mol. The molecule has 4 heteroatoms. The lowest BCUT2D eigenvalue weighted by molar-refractivity contribution is 0.115. The van der Waals surface area contributed by atoms with E-state index in [2.05, 4.69) is 31.1 Å². The highest BCUT2D eigenvalue weighted by Crippen LogP contribution is 2.31. The minimum atomic E-state index is 0.249. The maximum Gasteiger partial charge on any atom is 0.208 e. The molecule has 0 bridgehead atoms. The SMILES string of the molecule is CC(C)NCc1ncc(C2CCOC2C)o1. The first-order valence-electron chi connectivity index (χ1n) is 5.96. The van der Waals surface area contributed by atoms with Gasteiger partial charge in [0.05, 0.1) is 18.8 Å². The van der Waals surface area contributed by atoms with Gasteiger partial charge in [0, 0.05) is 18.6 Å². The first-order chi connectivity index (χ1) is 7.66. The van der Waals surface area contributed by atoms with Crippen molar-refractivity contribution < 1.29 is 9.15 Å². The fraction of sp³-hybridized carbons (Fsp3) is 0.750. The van der Waals surface area contributed by atoms with Crippen LogP contribution in [0.3, 0.4) is 0 Å². The number of nitrogens with one attached hydrogen (secondary N) is 1. The maximum atomic E-state index is 5.73. The van der Waals surface area contributed by atoms with Gasteiger partial charge in [0.25, 0.3) is 0 Å². The van der Waals surface area contributed by atoms with E-state index in [1.54, 1.807) is 0 Å². The van der Waals surface area contributed by atoms with E-state index in [9.17, 15) is 0 Å². The number of nitrogens with zero attached hydrogens (tertiary/aromatic N) is 1. The molecule has 0 saturated carbocycles. The Balaban J connectivity index is 1.96. The highest BCUT2D eigenvalue weighted by Gasteiger charge is 2.28. The first kappa shape index (κ1) is 11.6. The summed E-state index contributed by atoms with van der Waals surface area (Å²) in [5.41, 5.74) is 0. The molecule has 1 N–H and O–H groups in total. The van der Waals surface area contributed by atoms with Gasteiger partial charge in [-0.15, -0.1) is 0 Å². The Morgan fingerprint density at radius 2 is 2.38 bits per heavy atom. The molecule has 0 aliphatic carbocycles. The molecule has 0 aromatic carbocycles. The fourth-order valence-corrected chi connectivity index (χ4v) is 1.97. The van der Waals surface area contributed by atoms with Gasteiger partial charge < -0.3 is 14.5 Å². The molecule has 1 aromatic rings. The van der Waals surface area contributed by atoms with Gasteiger partial charge >= 0.3 is 0 Å². The Morgan fingerprint density at radius 1 is 1.56 bits per heavy atom. The number of hydrogen-bond acceptors (Lipinski definition) is 4. The molecule has 2 atom stereocenters. The molecule has 16 heavy (non-hydrogen) atoms. The normalized spacial score (nSPS) is 25.5. The molecule has 0 amide bonds. The molecule has 2 rings (SSSR count). The molecule has 1 fully saturated rings. The minimum absolute atomic E-state index is 0.249. The lowest BCUT2D eigenvalue weighted by atomic mass is 10.0. The fourth-order valence-electron chi connectivity index (χ4n) is 1.97. The monoisotopic (exact) mass is 224 g/mol. The minimum Gasteiger partial charge on any atom is -0.444 e. The van der Waals surface area contributed by atoms with Crippen LogP contribution >= 0.6 is 0 Å². The predicted octanol–water partition coefficient (Wildman–Crippen LogP) is 2.06. The Morgan fingerprint density at radius 3 is 3.00 bits per heavy atom. The van der Waals surface area contributed by atoms with Crippen molar-refractivity contribution in [2.45, 2.75) is 51.8 Å². The average molecular weight is 224 g/mol. The lowest BCUT2D eigenvalue weighted by Crippen LogP contribution is -2.21. The Labute approximate surface area is 96.4 Å². The van der Waals surface area contributed by atoms with Crippen molar-refractivity contribution in [1.82, 2.24) is 10.3 Å². The van der Waals surface area contributed by atoms with Crippen LogP contribution in [0.5, 0.6) is 0 Å². The van der Waals surface area contributed by atoms with E-state index < -0.39 is 0 Å². The van der Waals surface area contributed by atoms with Crippen molar-refractivity contribution in [3.05, 3.63) is 17.8 Å². The maximum absolute atomic E-state index is 5.73. The predicted molar refractivity (Wildman–Crippen MR) is 61.3 cm³/mol. The van der Waals surface area contributed by atoms with Crippen molar-refractivity contribution in [2.24, 2.45) is 0 Å². The third kappa shape index (κ3) is 2.62. The van der Waals surface area contributed by atoms with E-state index >= 15 is 0 Å². The number of hydrogen-bond donors (Lipinski definition) is 1. The van der Waals surface area contributed by atoms with Crippen molar-refractivity contribution >= 4 is 0 Å². The summed E-state index contributed by atoms with van der Waals surface area (Å²) in [5.74, 6) is 2.11. The Bertz CT molecular complexity index is 336. The summed E-state index contributed by atoms with van der Waals surface area (Å²) in [6.07, 6.45) is 3.12. The van der Waals surface area contributed by atoms with Crippen molar-refractivity contribution in [3.63, 3.8) is 0 Å². The van der Waals surface area contributed by atoms with E-state index in [-0.39, 0.29) is 6.10 Å². The van der Waals surface area contributed by atoms with Crippen LogP contribution in [0, 0.1) is 0 Å². The largest absolute Gasteiger partial charge is 0.444 e. The molecule has 2 unspecified atom stereocenters. The highest BCUT2D eigenvalue weighted by atomic mass is 16.5. The summed E-state index contributed by atoms with van der Waals surface area (Å²) in [5, 5.41) is 3.29. The molecule has 1 aliphatic heterocycles. The molecule has 0 radical (unpaired) electrons. The second-order valence-electron chi connectivity index (χ2n) is 4.66. The quantitative estimate of drug-likeness (QED) is 0.850. The summed E-state index contributed by atoms with van der Waals surface area (Å²) in [7, 11) is 0. The van der Waals surface area contributed by atoms with Crippen LogP contribution in [0.25, 0.3) is 0 Å². The van der Waals surface area contributed by atoms with Crippen LogP contribution < -0.4 is 5.32 Å². The van der Waals surface area contributed by atoms with Gasteiger partial charge in [-0.25, -0.2) is 4.98 Å². The van der Waals surface area contributed by atoms with Gasteiger partial charge in [0.2, 0.25) is 5.89 Å². The van der Waals surface area contributed by atoms with Crippen LogP contribution in [-0.4, -0.2) is 23.7 Å². The van der Waals surface area contributed by atoms with Gasteiger partial charge in [-0.2, -0.15) is 0 Å². The molecule has 1 aromatic heterocycles. The van der Waals surface area contributed by atoms with Gasteiger partial charge in [-0.3, -0.25) is 0 Å². The van der Waals surface area contributed by atoms with Crippen LogP contribution in [0.15, 0.2) is 10.6 Å². The summed E-state index contributed by atoms with van der Waals surface area (Å²) in [4.78, 5) is 4.28. The molecule has 1 saturated heterocycles. The third-order valence-electron chi connectivity index (χ3n) is 2.97. The van der Waals surface area contributed by atoms with Gasteiger partial charge in [-0.05, 0) is 13.3 Å². The third-order valence-corrected chi connectivity index (χ3v) is 2.97. The molecule has 0 spiro atoms. The van der Waals surface area contributed by atoms with E-state index in [1.807, 2.05) is 6.20 Å². The van der Waals surface area contributed by atoms with Crippen molar-refractivity contribution in [2.75, 3.05) is 6.61 Å². The smallest absolute Gasteiger partial charge is 0.208 e. The average Bonchev–Trinajstić information content (AvgIpc) is 2.83. The number of rotatable bonds is 4.